The monoisotopic (exact) mass is 268 g/mol. The number of nitrogens with zero attached hydrogens (tertiary/aromatic N) is 1. The number of rotatable bonds is 6. The Balaban J connectivity index is 1.97. The highest BCUT2D eigenvalue weighted by molar-refractivity contribution is 5.84. The first-order valence-corrected chi connectivity index (χ1v) is 7.76. The maximum absolute atomic E-state index is 12.4. The molecule has 4 nitrogen and oxygen atoms in total. The van der Waals surface area contributed by atoms with Crippen LogP contribution < -0.4 is 5.32 Å². The van der Waals surface area contributed by atoms with Crippen molar-refractivity contribution in [2.45, 2.75) is 77.7 Å². The van der Waals surface area contributed by atoms with Gasteiger partial charge in [0.2, 0.25) is 5.91 Å². The minimum Gasteiger partial charge on any atom is -0.378 e. The van der Waals surface area contributed by atoms with E-state index in [-0.39, 0.29) is 12.2 Å². The summed E-state index contributed by atoms with van der Waals surface area (Å²) < 4.78 is 5.61. The summed E-state index contributed by atoms with van der Waals surface area (Å²) in [5.41, 5.74) is 0. The molecule has 1 N–H and O–H groups in total. The fourth-order valence-corrected chi connectivity index (χ4v) is 3.21. The minimum absolute atomic E-state index is 0.0230. The molecule has 0 aromatic carbocycles. The third-order valence-corrected chi connectivity index (χ3v) is 4.25. The Labute approximate surface area is 116 Å². The molecule has 1 saturated carbocycles. The number of carbonyl (C=O) groups is 1. The zero-order valence-corrected chi connectivity index (χ0v) is 12.7. The second kappa shape index (κ2) is 6.23. The van der Waals surface area contributed by atoms with Crippen LogP contribution in [0.2, 0.25) is 0 Å². The summed E-state index contributed by atoms with van der Waals surface area (Å²) in [6, 6.07) is 0.409. The molecule has 2 fully saturated rings. The summed E-state index contributed by atoms with van der Waals surface area (Å²) in [6.07, 6.45) is 4.52. The average molecular weight is 268 g/mol. The van der Waals surface area contributed by atoms with E-state index in [1.54, 1.807) is 0 Å². The number of ether oxygens (including phenoxy) is 1. The number of amides is 1. The van der Waals surface area contributed by atoms with Gasteiger partial charge in [0, 0.05) is 12.6 Å². The standard InChI is InChI=1S/C15H28N2O2/c1-5-13-15(18)17(14(16-13)7-10(3)4)11-8-12(9-11)19-6-2/h10-14,16H,5-9H2,1-4H3. The Morgan fingerprint density at radius 1 is 1.37 bits per heavy atom. The summed E-state index contributed by atoms with van der Waals surface area (Å²) in [4.78, 5) is 14.6. The smallest absolute Gasteiger partial charge is 0.241 e. The van der Waals surface area contributed by atoms with Gasteiger partial charge in [0.25, 0.3) is 0 Å². The van der Waals surface area contributed by atoms with Crippen molar-refractivity contribution in [3.05, 3.63) is 0 Å². The second-order valence-electron chi connectivity index (χ2n) is 6.22. The molecule has 2 unspecified atom stereocenters. The van der Waals surface area contributed by atoms with Gasteiger partial charge in [-0.25, -0.2) is 0 Å². The van der Waals surface area contributed by atoms with E-state index in [0.717, 1.165) is 32.3 Å². The molecule has 1 aliphatic carbocycles. The summed E-state index contributed by atoms with van der Waals surface area (Å²) >= 11 is 0. The van der Waals surface area contributed by atoms with Crippen LogP contribution in [0.5, 0.6) is 0 Å². The summed E-state index contributed by atoms with van der Waals surface area (Å²) in [7, 11) is 0. The van der Waals surface area contributed by atoms with Crippen LogP contribution in [0.15, 0.2) is 0 Å². The molecule has 1 saturated heterocycles. The highest BCUT2D eigenvalue weighted by Crippen LogP contribution is 2.33. The first kappa shape index (κ1) is 14.8. The highest BCUT2D eigenvalue weighted by Gasteiger charge is 2.46. The van der Waals surface area contributed by atoms with Crippen LogP contribution in [0.3, 0.4) is 0 Å². The largest absolute Gasteiger partial charge is 0.378 e. The van der Waals surface area contributed by atoms with Gasteiger partial charge in [0.05, 0.1) is 18.3 Å². The van der Waals surface area contributed by atoms with E-state index in [9.17, 15) is 4.79 Å². The lowest BCUT2D eigenvalue weighted by atomic mass is 9.87. The summed E-state index contributed by atoms with van der Waals surface area (Å²) in [6.45, 7) is 9.32. The van der Waals surface area contributed by atoms with E-state index >= 15 is 0 Å². The van der Waals surface area contributed by atoms with Crippen LogP contribution in [0.1, 0.15) is 53.4 Å². The lowest BCUT2D eigenvalue weighted by Crippen LogP contribution is -2.53. The number of nitrogens with one attached hydrogen (secondary N) is 1. The van der Waals surface area contributed by atoms with E-state index in [4.69, 9.17) is 4.74 Å². The lowest BCUT2D eigenvalue weighted by molar-refractivity contribution is -0.138. The van der Waals surface area contributed by atoms with Crippen LogP contribution >= 0.6 is 0 Å². The van der Waals surface area contributed by atoms with Crippen LogP contribution in [0.25, 0.3) is 0 Å². The fourth-order valence-electron chi connectivity index (χ4n) is 3.21. The van der Waals surface area contributed by atoms with Crippen LogP contribution in [-0.4, -0.2) is 41.8 Å². The minimum atomic E-state index is 0.0230. The molecule has 1 aliphatic heterocycles. The van der Waals surface area contributed by atoms with Gasteiger partial charge >= 0.3 is 0 Å². The third kappa shape index (κ3) is 3.11. The van der Waals surface area contributed by atoms with Crippen LogP contribution in [0, 0.1) is 5.92 Å². The van der Waals surface area contributed by atoms with Gasteiger partial charge in [0.1, 0.15) is 0 Å². The van der Waals surface area contributed by atoms with Crippen molar-refractivity contribution >= 4 is 5.91 Å². The van der Waals surface area contributed by atoms with E-state index in [1.807, 2.05) is 6.92 Å². The zero-order valence-electron chi connectivity index (χ0n) is 12.7. The molecular formula is C15H28N2O2. The van der Waals surface area contributed by atoms with Crippen molar-refractivity contribution in [1.29, 1.82) is 0 Å². The average Bonchev–Trinajstić information content (AvgIpc) is 2.59. The Bertz CT molecular complexity index is 313. The molecule has 2 rings (SSSR count). The van der Waals surface area contributed by atoms with Gasteiger partial charge in [-0.15, -0.1) is 0 Å². The highest BCUT2D eigenvalue weighted by atomic mass is 16.5. The molecule has 2 atom stereocenters. The van der Waals surface area contributed by atoms with E-state index < -0.39 is 0 Å². The van der Waals surface area contributed by atoms with Crippen LogP contribution in [-0.2, 0) is 9.53 Å². The Morgan fingerprint density at radius 2 is 2.05 bits per heavy atom. The first-order chi connectivity index (χ1) is 9.06. The van der Waals surface area contributed by atoms with Crippen molar-refractivity contribution in [3.8, 4) is 0 Å². The van der Waals surface area contributed by atoms with Crippen molar-refractivity contribution in [3.63, 3.8) is 0 Å². The molecule has 0 radical (unpaired) electrons. The molecule has 0 bridgehead atoms. The Morgan fingerprint density at radius 3 is 2.58 bits per heavy atom. The SMILES string of the molecule is CCOC1CC(N2C(=O)C(CC)NC2CC(C)C)C1. The molecule has 1 heterocycles. The predicted octanol–water partition coefficient (Wildman–Crippen LogP) is 2.14. The maximum Gasteiger partial charge on any atom is 0.241 e. The Hall–Kier alpha value is -0.610. The van der Waals surface area contributed by atoms with Crippen molar-refractivity contribution in [2.75, 3.05) is 6.61 Å². The molecular weight excluding hydrogens is 240 g/mol. The van der Waals surface area contributed by atoms with Gasteiger partial charge < -0.3 is 9.64 Å². The quantitative estimate of drug-likeness (QED) is 0.802. The zero-order chi connectivity index (χ0) is 14.0. The molecule has 4 heteroatoms. The predicted molar refractivity (Wildman–Crippen MR) is 75.7 cm³/mol. The molecule has 1 amide bonds. The van der Waals surface area contributed by atoms with Gasteiger partial charge in [-0.05, 0) is 38.5 Å². The fraction of sp³-hybridized carbons (Fsp3) is 0.933. The van der Waals surface area contributed by atoms with E-state index in [2.05, 4.69) is 31.0 Å². The number of hydrogen-bond acceptors (Lipinski definition) is 3. The van der Waals surface area contributed by atoms with E-state index in [1.165, 1.54) is 0 Å². The number of hydrogen-bond donors (Lipinski definition) is 1. The maximum atomic E-state index is 12.4. The van der Waals surface area contributed by atoms with Gasteiger partial charge in [-0.3, -0.25) is 10.1 Å². The Kier molecular flexibility index (Phi) is 4.85. The first-order valence-electron chi connectivity index (χ1n) is 7.76. The van der Waals surface area contributed by atoms with Crippen molar-refractivity contribution in [1.82, 2.24) is 10.2 Å². The second-order valence-corrected chi connectivity index (χ2v) is 6.22. The number of carbonyl (C=O) groups excluding carboxylic acids is 1. The van der Waals surface area contributed by atoms with Crippen LogP contribution in [0.4, 0.5) is 0 Å². The van der Waals surface area contributed by atoms with Crippen molar-refractivity contribution in [2.24, 2.45) is 5.92 Å². The third-order valence-electron chi connectivity index (χ3n) is 4.25. The van der Waals surface area contributed by atoms with E-state index in [0.29, 0.717) is 24.0 Å². The van der Waals surface area contributed by atoms with Gasteiger partial charge in [0.15, 0.2) is 0 Å². The molecule has 0 aromatic heterocycles. The van der Waals surface area contributed by atoms with Gasteiger partial charge in [-0.1, -0.05) is 20.8 Å². The lowest BCUT2D eigenvalue weighted by Gasteiger charge is -2.43. The summed E-state index contributed by atoms with van der Waals surface area (Å²) in [5.74, 6) is 0.902. The molecule has 19 heavy (non-hydrogen) atoms. The van der Waals surface area contributed by atoms with Crippen molar-refractivity contribution < 1.29 is 9.53 Å². The topological polar surface area (TPSA) is 41.6 Å². The normalized spacial score (nSPS) is 35.0. The molecule has 2 aliphatic rings. The summed E-state index contributed by atoms with van der Waals surface area (Å²) in [5, 5.41) is 3.50. The molecule has 0 spiro atoms. The molecule has 0 aromatic rings. The molecule has 110 valence electrons. The van der Waals surface area contributed by atoms with Gasteiger partial charge in [-0.2, -0.15) is 0 Å².